The summed E-state index contributed by atoms with van der Waals surface area (Å²) < 4.78 is 0. The molecule has 9 heteroatoms. The van der Waals surface area contributed by atoms with Crippen LogP contribution in [0.25, 0.3) is 0 Å². The molecule has 1 aromatic carbocycles. The molecule has 0 bridgehead atoms. The lowest BCUT2D eigenvalue weighted by Gasteiger charge is -2.42. The fourth-order valence-electron chi connectivity index (χ4n) is 4.95. The van der Waals surface area contributed by atoms with Crippen molar-refractivity contribution in [3.63, 3.8) is 0 Å². The van der Waals surface area contributed by atoms with E-state index in [1.165, 1.54) is 4.90 Å². The molecule has 3 aliphatic rings. The largest absolute Gasteiger partial charge is 0.354 e. The van der Waals surface area contributed by atoms with Gasteiger partial charge in [0.2, 0.25) is 17.7 Å². The number of hydrogen-bond donors (Lipinski definition) is 3. The average Bonchev–Trinajstić information content (AvgIpc) is 2.85. The van der Waals surface area contributed by atoms with E-state index in [-0.39, 0.29) is 36.9 Å². The first-order valence-corrected chi connectivity index (χ1v) is 12.0. The van der Waals surface area contributed by atoms with Gasteiger partial charge in [-0.15, -0.1) is 0 Å². The highest BCUT2D eigenvalue weighted by Gasteiger charge is 2.40. The molecule has 1 saturated carbocycles. The number of benzene rings is 1. The number of urea groups is 1. The molecule has 3 fully saturated rings. The number of rotatable bonds is 4. The van der Waals surface area contributed by atoms with Crippen molar-refractivity contribution < 1.29 is 19.2 Å². The van der Waals surface area contributed by atoms with Crippen molar-refractivity contribution in [1.82, 2.24) is 20.4 Å². The Morgan fingerprint density at radius 3 is 2.42 bits per heavy atom. The van der Waals surface area contributed by atoms with Crippen molar-refractivity contribution in [2.45, 2.75) is 57.0 Å². The van der Waals surface area contributed by atoms with Crippen LogP contribution in [0.5, 0.6) is 0 Å². The number of para-hydroxylation sites is 1. The topological polar surface area (TPSA) is 111 Å². The number of nitrogens with one attached hydrogen (secondary N) is 3. The number of anilines is 1. The number of piperidine rings is 1. The van der Waals surface area contributed by atoms with Gasteiger partial charge in [-0.05, 0) is 37.8 Å². The Morgan fingerprint density at radius 2 is 1.70 bits per heavy atom. The zero-order chi connectivity index (χ0) is 23.2. The molecular weight excluding hydrogens is 422 g/mol. The van der Waals surface area contributed by atoms with Crippen LogP contribution in [0.15, 0.2) is 30.3 Å². The second-order valence-corrected chi connectivity index (χ2v) is 9.12. The fraction of sp³-hybridized carbons (Fsp3) is 0.583. The number of hydrogen-bond acceptors (Lipinski definition) is 4. The molecule has 2 saturated heterocycles. The van der Waals surface area contributed by atoms with Crippen LogP contribution in [0.1, 0.15) is 44.9 Å². The third-order valence-corrected chi connectivity index (χ3v) is 6.84. The highest BCUT2D eigenvalue weighted by Crippen LogP contribution is 2.26. The van der Waals surface area contributed by atoms with Crippen molar-refractivity contribution in [3.05, 3.63) is 30.3 Å². The van der Waals surface area contributed by atoms with Crippen LogP contribution in [0.4, 0.5) is 10.5 Å². The normalized spacial score (nSPS) is 24.1. The van der Waals surface area contributed by atoms with E-state index >= 15 is 0 Å². The molecule has 2 atom stereocenters. The van der Waals surface area contributed by atoms with Crippen LogP contribution in [-0.4, -0.2) is 71.8 Å². The molecule has 2 aliphatic heterocycles. The van der Waals surface area contributed by atoms with Gasteiger partial charge in [0.1, 0.15) is 12.1 Å². The summed E-state index contributed by atoms with van der Waals surface area (Å²) in [6, 6.07) is 7.20. The smallest absolute Gasteiger partial charge is 0.322 e. The van der Waals surface area contributed by atoms with Crippen LogP contribution < -0.4 is 16.0 Å². The average molecular weight is 456 g/mol. The highest BCUT2D eigenvalue weighted by atomic mass is 16.2. The SMILES string of the molecule is O=C1NCCCC1NC(=O)C1CN(C(=O)C2CCCCC2)CCN1C(=O)Nc1ccccc1. The number of amides is 5. The third-order valence-electron chi connectivity index (χ3n) is 6.84. The summed E-state index contributed by atoms with van der Waals surface area (Å²) in [5.74, 6) is -0.537. The van der Waals surface area contributed by atoms with Gasteiger partial charge in [-0.25, -0.2) is 4.79 Å². The fourth-order valence-corrected chi connectivity index (χ4v) is 4.95. The summed E-state index contributed by atoms with van der Waals surface area (Å²) >= 11 is 0. The Labute approximate surface area is 194 Å². The summed E-state index contributed by atoms with van der Waals surface area (Å²) in [5, 5.41) is 8.42. The molecular formula is C24H33N5O4. The maximum absolute atomic E-state index is 13.3. The Morgan fingerprint density at radius 1 is 0.939 bits per heavy atom. The summed E-state index contributed by atoms with van der Waals surface area (Å²) in [5.41, 5.74) is 0.633. The minimum absolute atomic E-state index is 0.00345. The van der Waals surface area contributed by atoms with Crippen molar-refractivity contribution in [3.8, 4) is 0 Å². The number of carbonyl (C=O) groups is 4. The Balaban J connectivity index is 1.48. The van der Waals surface area contributed by atoms with Gasteiger partial charge in [-0.2, -0.15) is 0 Å². The highest BCUT2D eigenvalue weighted by molar-refractivity contribution is 5.96. The molecule has 33 heavy (non-hydrogen) atoms. The first-order valence-electron chi connectivity index (χ1n) is 12.0. The Kier molecular flexibility index (Phi) is 7.47. The quantitative estimate of drug-likeness (QED) is 0.642. The molecule has 1 aromatic rings. The zero-order valence-electron chi connectivity index (χ0n) is 18.9. The summed E-state index contributed by atoms with van der Waals surface area (Å²) in [7, 11) is 0. The monoisotopic (exact) mass is 455 g/mol. The maximum atomic E-state index is 13.3. The Bertz CT molecular complexity index is 871. The predicted octanol–water partition coefficient (Wildman–Crippen LogP) is 1.71. The van der Waals surface area contributed by atoms with Gasteiger partial charge in [0.15, 0.2) is 0 Å². The molecule has 178 valence electrons. The lowest BCUT2D eigenvalue weighted by atomic mass is 9.88. The standard InChI is InChI=1S/C24H33N5O4/c30-21-19(12-7-13-25-21)27-22(31)20-16-28(23(32)17-8-3-1-4-9-17)14-15-29(20)24(33)26-18-10-5-2-6-11-18/h2,5-6,10-11,17,19-20H,1,3-4,7-9,12-16H2,(H,25,30)(H,26,33)(H,27,31). The third kappa shape index (κ3) is 5.64. The molecule has 0 aromatic heterocycles. The van der Waals surface area contributed by atoms with E-state index < -0.39 is 18.0 Å². The van der Waals surface area contributed by atoms with Crippen LogP contribution in [0, 0.1) is 5.92 Å². The van der Waals surface area contributed by atoms with E-state index in [9.17, 15) is 19.2 Å². The van der Waals surface area contributed by atoms with Crippen LogP contribution in [0.3, 0.4) is 0 Å². The predicted molar refractivity (Wildman–Crippen MR) is 123 cm³/mol. The lowest BCUT2D eigenvalue weighted by Crippen LogP contribution is -2.64. The minimum Gasteiger partial charge on any atom is -0.354 e. The summed E-state index contributed by atoms with van der Waals surface area (Å²) in [4.78, 5) is 54.9. The van der Waals surface area contributed by atoms with Crippen LogP contribution in [0.2, 0.25) is 0 Å². The van der Waals surface area contributed by atoms with Gasteiger partial charge in [0.25, 0.3) is 0 Å². The molecule has 9 nitrogen and oxygen atoms in total. The van der Waals surface area contributed by atoms with Gasteiger partial charge < -0.3 is 25.8 Å². The lowest BCUT2D eigenvalue weighted by molar-refractivity contribution is -0.142. The second-order valence-electron chi connectivity index (χ2n) is 9.12. The molecule has 1 aliphatic carbocycles. The van der Waals surface area contributed by atoms with Gasteiger partial charge >= 0.3 is 6.03 Å². The van der Waals surface area contributed by atoms with Gasteiger partial charge in [0.05, 0.1) is 6.54 Å². The molecule has 0 radical (unpaired) electrons. The van der Waals surface area contributed by atoms with E-state index in [1.54, 1.807) is 17.0 Å². The number of carbonyl (C=O) groups excluding carboxylic acids is 4. The molecule has 2 unspecified atom stereocenters. The molecule has 0 spiro atoms. The molecule has 2 heterocycles. The van der Waals surface area contributed by atoms with Gasteiger partial charge in [0, 0.05) is 31.2 Å². The van der Waals surface area contributed by atoms with E-state index in [4.69, 9.17) is 0 Å². The van der Waals surface area contributed by atoms with Crippen molar-refractivity contribution >= 4 is 29.4 Å². The van der Waals surface area contributed by atoms with Crippen molar-refractivity contribution in [2.24, 2.45) is 5.92 Å². The Hall–Kier alpha value is -3.10. The van der Waals surface area contributed by atoms with Crippen LogP contribution in [-0.2, 0) is 14.4 Å². The summed E-state index contributed by atoms with van der Waals surface area (Å²) in [6.45, 7) is 1.39. The first kappa shape index (κ1) is 23.1. The number of nitrogens with zero attached hydrogens (tertiary/aromatic N) is 2. The molecule has 5 amide bonds. The minimum atomic E-state index is -0.857. The summed E-state index contributed by atoms with van der Waals surface area (Å²) in [6.07, 6.45) is 6.37. The van der Waals surface area contributed by atoms with Gasteiger partial charge in [-0.1, -0.05) is 37.5 Å². The van der Waals surface area contributed by atoms with Crippen molar-refractivity contribution in [2.75, 3.05) is 31.5 Å². The van der Waals surface area contributed by atoms with E-state index in [0.717, 1.165) is 38.5 Å². The van der Waals surface area contributed by atoms with Gasteiger partial charge in [-0.3, -0.25) is 14.4 Å². The molecule has 3 N–H and O–H groups in total. The van der Waals surface area contributed by atoms with Crippen molar-refractivity contribution in [1.29, 1.82) is 0 Å². The zero-order valence-corrected chi connectivity index (χ0v) is 18.9. The maximum Gasteiger partial charge on any atom is 0.322 e. The molecule has 4 rings (SSSR count). The second kappa shape index (κ2) is 10.7. The van der Waals surface area contributed by atoms with Crippen LogP contribution >= 0.6 is 0 Å². The first-order chi connectivity index (χ1) is 16.0. The van der Waals surface area contributed by atoms with E-state index in [1.807, 2.05) is 18.2 Å². The van der Waals surface area contributed by atoms with E-state index in [0.29, 0.717) is 25.2 Å². The van der Waals surface area contributed by atoms with E-state index in [2.05, 4.69) is 16.0 Å². The number of piperazine rings is 1.